The molecule has 0 radical (unpaired) electrons. The fraction of sp³-hybridized carbons (Fsp3) is 0.800. The van der Waals surface area contributed by atoms with Gasteiger partial charge in [-0.25, -0.2) is 4.79 Å². The van der Waals surface area contributed by atoms with Gasteiger partial charge in [-0.15, -0.1) is 5.06 Å². The Morgan fingerprint density at radius 3 is 1.92 bits per heavy atom. The summed E-state index contributed by atoms with van der Waals surface area (Å²) in [7, 11) is 3.17. The molecule has 1 aliphatic heterocycles. The molecule has 0 aromatic carbocycles. The third kappa shape index (κ3) is 15.4. The van der Waals surface area contributed by atoms with E-state index < -0.39 is 23.8 Å². The van der Waals surface area contributed by atoms with E-state index in [1.165, 1.54) is 0 Å². The summed E-state index contributed by atoms with van der Waals surface area (Å²) >= 11 is 0. The molecular weight excluding hydrogens is 488 g/mol. The molecule has 1 heterocycles. The molecule has 12 nitrogen and oxygen atoms in total. The zero-order chi connectivity index (χ0) is 27.3. The number of nitrogens with zero attached hydrogens (tertiary/aromatic N) is 1. The van der Waals surface area contributed by atoms with Crippen LogP contribution in [-0.4, -0.2) is 94.4 Å². The quantitative estimate of drug-likeness (QED) is 0.152. The van der Waals surface area contributed by atoms with Gasteiger partial charge in [0.25, 0.3) is 11.8 Å². The number of amides is 3. The summed E-state index contributed by atoms with van der Waals surface area (Å²) in [5, 5.41) is 3.11. The van der Waals surface area contributed by atoms with Crippen LogP contribution in [0.1, 0.15) is 70.6 Å². The van der Waals surface area contributed by atoms with Crippen molar-refractivity contribution in [3.63, 3.8) is 0 Å². The van der Waals surface area contributed by atoms with Gasteiger partial charge in [0.2, 0.25) is 5.91 Å². The summed E-state index contributed by atoms with van der Waals surface area (Å²) in [6, 6.07) is -1.01. The van der Waals surface area contributed by atoms with Gasteiger partial charge in [-0.2, -0.15) is 0 Å². The van der Waals surface area contributed by atoms with Gasteiger partial charge in [-0.05, 0) is 25.7 Å². The SMILES string of the molecule is COCCOCCCC(=O)CCCCCC(NC(=O)CCCOCCOC)C(=O)ON1C(=O)CCC1=O. The molecule has 0 aliphatic carbocycles. The Morgan fingerprint density at radius 1 is 0.757 bits per heavy atom. The lowest BCUT2D eigenvalue weighted by Crippen LogP contribution is -2.45. The van der Waals surface area contributed by atoms with Crippen LogP contribution in [0, 0.1) is 0 Å². The molecule has 37 heavy (non-hydrogen) atoms. The monoisotopic (exact) mass is 530 g/mol. The molecule has 1 N–H and O–H groups in total. The molecule has 3 amide bonds. The number of ketones is 1. The zero-order valence-electron chi connectivity index (χ0n) is 22.1. The number of unbranched alkanes of at least 4 members (excludes halogenated alkanes) is 2. The Morgan fingerprint density at radius 2 is 1.32 bits per heavy atom. The molecule has 0 spiro atoms. The normalized spacial score (nSPS) is 14.2. The van der Waals surface area contributed by atoms with Crippen LogP contribution in [0.15, 0.2) is 0 Å². The maximum Gasteiger partial charge on any atom is 0.355 e. The second-order valence-corrected chi connectivity index (χ2v) is 8.67. The number of Topliss-reactive ketones (excluding diaryl/α,β-unsaturated/α-hetero) is 1. The van der Waals surface area contributed by atoms with Crippen LogP contribution in [0.4, 0.5) is 0 Å². The van der Waals surface area contributed by atoms with Crippen molar-refractivity contribution in [3.8, 4) is 0 Å². The molecule has 0 bridgehead atoms. The Kier molecular flexibility index (Phi) is 18.2. The van der Waals surface area contributed by atoms with Crippen molar-refractivity contribution in [2.75, 3.05) is 53.9 Å². The van der Waals surface area contributed by atoms with Crippen LogP contribution in [0.2, 0.25) is 0 Å². The lowest BCUT2D eigenvalue weighted by Gasteiger charge is -2.20. The standard InChI is InChI=1S/C25H42N2O10/c1-33-16-18-35-14-6-9-20(28)8-4-3-5-10-21(25(32)37-27-23(30)12-13-24(27)31)26-22(29)11-7-15-36-19-17-34-2/h21H,3-19H2,1-2H3,(H,26,29). The van der Waals surface area contributed by atoms with Gasteiger partial charge in [0.15, 0.2) is 0 Å². The third-order valence-corrected chi connectivity index (χ3v) is 5.56. The Balaban J connectivity index is 2.40. The van der Waals surface area contributed by atoms with E-state index in [0.29, 0.717) is 89.7 Å². The van der Waals surface area contributed by atoms with E-state index in [1.54, 1.807) is 14.2 Å². The van der Waals surface area contributed by atoms with Crippen LogP contribution in [-0.2, 0) is 47.8 Å². The predicted octanol–water partition coefficient (Wildman–Crippen LogP) is 1.48. The van der Waals surface area contributed by atoms with E-state index in [2.05, 4.69) is 5.32 Å². The molecule has 1 rings (SSSR count). The predicted molar refractivity (Wildman–Crippen MR) is 131 cm³/mol. The maximum atomic E-state index is 12.7. The first-order valence-corrected chi connectivity index (χ1v) is 12.9. The van der Waals surface area contributed by atoms with Crippen LogP contribution in [0.5, 0.6) is 0 Å². The summed E-state index contributed by atoms with van der Waals surface area (Å²) in [4.78, 5) is 65.6. The van der Waals surface area contributed by atoms with Crippen LogP contribution >= 0.6 is 0 Å². The smallest absolute Gasteiger partial charge is 0.355 e. The number of nitrogens with one attached hydrogen (secondary N) is 1. The van der Waals surface area contributed by atoms with E-state index in [-0.39, 0.29) is 37.4 Å². The summed E-state index contributed by atoms with van der Waals surface area (Å²) in [5.41, 5.74) is 0. The number of ether oxygens (including phenoxy) is 4. The molecule has 12 heteroatoms. The molecule has 1 fully saturated rings. The lowest BCUT2D eigenvalue weighted by molar-refractivity contribution is -0.199. The highest BCUT2D eigenvalue weighted by Crippen LogP contribution is 2.15. The summed E-state index contributed by atoms with van der Waals surface area (Å²) in [5.74, 6) is -2.24. The fourth-order valence-electron chi connectivity index (χ4n) is 3.49. The highest BCUT2D eigenvalue weighted by atomic mass is 16.7. The van der Waals surface area contributed by atoms with E-state index in [1.807, 2.05) is 0 Å². The van der Waals surface area contributed by atoms with Crippen molar-refractivity contribution < 1.29 is 47.8 Å². The van der Waals surface area contributed by atoms with Gasteiger partial charge in [-0.3, -0.25) is 19.2 Å². The first-order valence-electron chi connectivity index (χ1n) is 12.9. The number of carbonyl (C=O) groups is 5. The van der Waals surface area contributed by atoms with Crippen molar-refractivity contribution >= 4 is 29.5 Å². The van der Waals surface area contributed by atoms with Gasteiger partial charge in [0, 0.05) is 59.5 Å². The topological polar surface area (TPSA) is 147 Å². The van der Waals surface area contributed by atoms with E-state index >= 15 is 0 Å². The highest BCUT2D eigenvalue weighted by molar-refractivity contribution is 6.01. The van der Waals surface area contributed by atoms with Gasteiger partial charge in [-0.1, -0.05) is 12.8 Å². The number of rotatable bonds is 23. The number of hydrogen-bond donors (Lipinski definition) is 1. The second kappa shape index (κ2) is 20.6. The molecule has 212 valence electrons. The first-order chi connectivity index (χ1) is 17.9. The van der Waals surface area contributed by atoms with Crippen LogP contribution < -0.4 is 5.32 Å². The summed E-state index contributed by atoms with van der Waals surface area (Å²) in [6.45, 7) is 2.80. The highest BCUT2D eigenvalue weighted by Gasteiger charge is 2.35. The minimum atomic E-state index is -1.01. The van der Waals surface area contributed by atoms with E-state index in [9.17, 15) is 24.0 Å². The molecule has 0 aromatic heterocycles. The number of hydrogen-bond acceptors (Lipinski definition) is 10. The second-order valence-electron chi connectivity index (χ2n) is 8.67. The van der Waals surface area contributed by atoms with E-state index in [4.69, 9.17) is 23.8 Å². The first kappa shape index (κ1) is 32.6. The Labute approximate surface area is 218 Å². The fourth-order valence-corrected chi connectivity index (χ4v) is 3.49. The average molecular weight is 531 g/mol. The number of imide groups is 1. The van der Waals surface area contributed by atoms with Crippen molar-refractivity contribution in [1.82, 2.24) is 10.4 Å². The average Bonchev–Trinajstić information content (AvgIpc) is 3.19. The number of hydroxylamine groups is 2. The van der Waals surface area contributed by atoms with Crippen molar-refractivity contribution in [1.29, 1.82) is 0 Å². The van der Waals surface area contributed by atoms with Gasteiger partial charge >= 0.3 is 5.97 Å². The lowest BCUT2D eigenvalue weighted by atomic mass is 10.0. The van der Waals surface area contributed by atoms with Crippen LogP contribution in [0.25, 0.3) is 0 Å². The number of carbonyl (C=O) groups excluding carboxylic acids is 5. The van der Waals surface area contributed by atoms with Gasteiger partial charge in [0.05, 0.1) is 26.4 Å². The summed E-state index contributed by atoms with van der Waals surface area (Å²) < 4.78 is 20.4. The largest absolute Gasteiger partial charge is 0.382 e. The van der Waals surface area contributed by atoms with Gasteiger partial charge in [0.1, 0.15) is 11.8 Å². The maximum absolute atomic E-state index is 12.7. The molecule has 1 aliphatic rings. The zero-order valence-corrected chi connectivity index (χ0v) is 22.1. The van der Waals surface area contributed by atoms with Gasteiger partial charge < -0.3 is 29.1 Å². The minimum absolute atomic E-state index is 0.0144. The van der Waals surface area contributed by atoms with E-state index in [0.717, 1.165) is 0 Å². The third-order valence-electron chi connectivity index (χ3n) is 5.56. The molecule has 0 aromatic rings. The van der Waals surface area contributed by atoms with Crippen molar-refractivity contribution in [3.05, 3.63) is 0 Å². The molecular formula is C25H42N2O10. The minimum Gasteiger partial charge on any atom is -0.382 e. The Bertz CT molecular complexity index is 700. The molecule has 0 saturated carbocycles. The van der Waals surface area contributed by atoms with Crippen LogP contribution in [0.3, 0.4) is 0 Å². The Hall–Kier alpha value is -2.41. The molecule has 1 atom stereocenters. The van der Waals surface area contributed by atoms with Crippen molar-refractivity contribution in [2.24, 2.45) is 0 Å². The number of methoxy groups -OCH3 is 2. The molecule has 1 saturated heterocycles. The van der Waals surface area contributed by atoms with Crippen molar-refractivity contribution in [2.45, 2.75) is 76.7 Å². The molecule has 1 unspecified atom stereocenters. The summed E-state index contributed by atoms with van der Waals surface area (Å²) in [6.07, 6.45) is 4.24.